The van der Waals surface area contributed by atoms with E-state index in [1.807, 2.05) is 0 Å². The molecule has 1 aliphatic rings. The highest BCUT2D eigenvalue weighted by Crippen LogP contribution is 2.36. The second-order valence-electron chi connectivity index (χ2n) is 8.42. The maximum atomic E-state index is 13.1. The molecular weight excluding hydrogens is 401 g/mol. The SMILES string of the molecule is CNS(=O)(=O)c1ccc(C(F)(F)F)cc1CC1CCC(CCCCN(C)C)CC1. The normalized spacial score (nSPS) is 20.9. The fraction of sp³-hybridized carbons (Fsp3) is 0.714. The van der Waals surface area contributed by atoms with Gasteiger partial charge in [0.25, 0.3) is 0 Å². The Kier molecular flexibility index (Phi) is 8.55. The molecule has 0 aliphatic heterocycles. The van der Waals surface area contributed by atoms with Gasteiger partial charge in [-0.25, -0.2) is 13.1 Å². The van der Waals surface area contributed by atoms with Crippen molar-refractivity contribution in [3.63, 3.8) is 0 Å². The third-order valence-corrected chi connectivity index (χ3v) is 7.40. The monoisotopic (exact) mass is 434 g/mol. The molecule has 1 saturated carbocycles. The molecule has 0 spiro atoms. The number of alkyl halides is 3. The van der Waals surface area contributed by atoms with Crippen molar-refractivity contribution < 1.29 is 21.6 Å². The van der Waals surface area contributed by atoms with Gasteiger partial charge in [-0.2, -0.15) is 13.2 Å². The number of halogens is 3. The van der Waals surface area contributed by atoms with Crippen LogP contribution in [0.15, 0.2) is 23.1 Å². The lowest BCUT2D eigenvalue weighted by atomic mass is 9.77. The van der Waals surface area contributed by atoms with Crippen molar-refractivity contribution in [3.8, 4) is 0 Å². The summed E-state index contributed by atoms with van der Waals surface area (Å²) in [6, 6.07) is 2.94. The van der Waals surface area contributed by atoms with Gasteiger partial charge in [0.05, 0.1) is 10.5 Å². The van der Waals surface area contributed by atoms with Gasteiger partial charge in [-0.15, -0.1) is 0 Å². The zero-order valence-corrected chi connectivity index (χ0v) is 18.4. The molecule has 1 fully saturated rings. The first kappa shape index (κ1) is 24.2. The minimum Gasteiger partial charge on any atom is -0.309 e. The molecule has 4 nitrogen and oxygen atoms in total. The molecule has 1 aromatic carbocycles. The van der Waals surface area contributed by atoms with E-state index in [2.05, 4.69) is 23.7 Å². The summed E-state index contributed by atoms with van der Waals surface area (Å²) in [6.45, 7) is 1.09. The summed E-state index contributed by atoms with van der Waals surface area (Å²) in [7, 11) is 1.62. The summed E-state index contributed by atoms with van der Waals surface area (Å²) in [6.07, 6.45) is 3.48. The summed E-state index contributed by atoms with van der Waals surface area (Å²) in [5.41, 5.74) is -0.527. The quantitative estimate of drug-likeness (QED) is 0.574. The Morgan fingerprint density at radius 1 is 1.07 bits per heavy atom. The Labute approximate surface area is 172 Å². The maximum absolute atomic E-state index is 13.1. The van der Waals surface area contributed by atoms with E-state index in [1.54, 1.807) is 0 Å². The van der Waals surface area contributed by atoms with E-state index in [-0.39, 0.29) is 16.4 Å². The number of benzene rings is 1. The number of rotatable bonds is 9. The van der Waals surface area contributed by atoms with Gasteiger partial charge in [0.2, 0.25) is 10.0 Å². The van der Waals surface area contributed by atoms with Crippen LogP contribution in [-0.2, 0) is 22.6 Å². The van der Waals surface area contributed by atoms with Crippen LogP contribution in [0, 0.1) is 11.8 Å². The van der Waals surface area contributed by atoms with Gasteiger partial charge in [-0.1, -0.05) is 25.7 Å². The van der Waals surface area contributed by atoms with Crippen molar-refractivity contribution in [2.45, 2.75) is 62.4 Å². The third-order valence-electron chi connectivity index (χ3n) is 5.89. The Morgan fingerprint density at radius 2 is 1.69 bits per heavy atom. The van der Waals surface area contributed by atoms with Gasteiger partial charge < -0.3 is 4.90 Å². The van der Waals surface area contributed by atoms with E-state index in [9.17, 15) is 21.6 Å². The van der Waals surface area contributed by atoms with Crippen LogP contribution in [0.2, 0.25) is 0 Å². The molecule has 0 amide bonds. The van der Waals surface area contributed by atoms with Crippen molar-refractivity contribution in [3.05, 3.63) is 29.3 Å². The Hall–Kier alpha value is -1.12. The number of unbranched alkanes of at least 4 members (excludes halogenated alkanes) is 1. The lowest BCUT2D eigenvalue weighted by Crippen LogP contribution is -2.23. The average molecular weight is 435 g/mol. The predicted octanol–water partition coefficient (Wildman–Crippen LogP) is 4.69. The number of hydrogen-bond acceptors (Lipinski definition) is 3. The highest BCUT2D eigenvalue weighted by atomic mass is 32.2. The molecule has 1 N–H and O–H groups in total. The summed E-state index contributed by atoms with van der Waals surface area (Å²) < 4.78 is 66.2. The van der Waals surface area contributed by atoms with Gasteiger partial charge in [0.1, 0.15) is 0 Å². The summed E-state index contributed by atoms with van der Waals surface area (Å²) >= 11 is 0. The zero-order valence-electron chi connectivity index (χ0n) is 17.6. The standard InChI is InChI=1S/C21H33F3N2O2S/c1-25-29(27,28)20-12-11-19(21(22,23)24)15-18(20)14-17-9-7-16(8-10-17)6-4-5-13-26(2)3/h11-12,15-17,25H,4-10,13-14H2,1-3H3. The lowest BCUT2D eigenvalue weighted by molar-refractivity contribution is -0.137. The van der Waals surface area contributed by atoms with Gasteiger partial charge in [0.15, 0.2) is 0 Å². The van der Waals surface area contributed by atoms with Crippen LogP contribution < -0.4 is 4.72 Å². The number of nitrogens with zero attached hydrogens (tertiary/aromatic N) is 1. The fourth-order valence-electron chi connectivity index (χ4n) is 4.18. The van der Waals surface area contributed by atoms with Crippen LogP contribution in [0.4, 0.5) is 13.2 Å². The molecular formula is C21H33F3N2O2S. The molecule has 0 heterocycles. The molecule has 1 aromatic rings. The minimum atomic E-state index is -4.49. The second kappa shape index (κ2) is 10.3. The predicted molar refractivity (Wildman–Crippen MR) is 109 cm³/mol. The van der Waals surface area contributed by atoms with Gasteiger partial charge >= 0.3 is 6.18 Å². The minimum absolute atomic E-state index is 0.0428. The van der Waals surface area contributed by atoms with Gasteiger partial charge in [-0.05, 0) is 89.0 Å². The summed E-state index contributed by atoms with van der Waals surface area (Å²) in [5.74, 6) is 0.901. The molecule has 0 bridgehead atoms. The van der Waals surface area contributed by atoms with Gasteiger partial charge in [-0.3, -0.25) is 0 Å². The molecule has 0 unspecified atom stereocenters. The van der Waals surface area contributed by atoms with E-state index in [0.717, 1.165) is 50.4 Å². The van der Waals surface area contributed by atoms with Crippen molar-refractivity contribution in [2.75, 3.05) is 27.7 Å². The summed E-state index contributed by atoms with van der Waals surface area (Å²) in [5, 5.41) is 0. The first-order chi connectivity index (χ1) is 13.5. The lowest BCUT2D eigenvalue weighted by Gasteiger charge is -2.29. The largest absolute Gasteiger partial charge is 0.416 e. The van der Waals surface area contributed by atoms with Crippen LogP contribution in [0.3, 0.4) is 0 Å². The molecule has 29 heavy (non-hydrogen) atoms. The second-order valence-corrected chi connectivity index (χ2v) is 10.3. The molecule has 8 heteroatoms. The van der Waals surface area contributed by atoms with Crippen LogP contribution >= 0.6 is 0 Å². The van der Waals surface area contributed by atoms with Crippen LogP contribution in [0.5, 0.6) is 0 Å². The molecule has 2 rings (SSSR count). The molecule has 0 radical (unpaired) electrons. The maximum Gasteiger partial charge on any atom is 0.416 e. The highest BCUT2D eigenvalue weighted by molar-refractivity contribution is 7.89. The van der Waals surface area contributed by atoms with Crippen LogP contribution in [0.25, 0.3) is 0 Å². The Morgan fingerprint density at radius 3 is 2.24 bits per heavy atom. The van der Waals surface area contributed by atoms with E-state index >= 15 is 0 Å². The van der Waals surface area contributed by atoms with E-state index in [4.69, 9.17) is 0 Å². The zero-order chi connectivity index (χ0) is 21.7. The number of hydrogen-bond donors (Lipinski definition) is 1. The van der Waals surface area contributed by atoms with Gasteiger partial charge in [0, 0.05) is 0 Å². The van der Waals surface area contributed by atoms with Crippen LogP contribution in [0.1, 0.15) is 56.1 Å². The van der Waals surface area contributed by atoms with Crippen LogP contribution in [-0.4, -0.2) is 41.0 Å². The molecule has 1 aliphatic carbocycles. The number of nitrogens with one attached hydrogen (secondary N) is 1. The van der Waals surface area contributed by atoms with Crippen molar-refractivity contribution in [1.29, 1.82) is 0 Å². The van der Waals surface area contributed by atoms with Crippen molar-refractivity contribution in [2.24, 2.45) is 11.8 Å². The summed E-state index contributed by atoms with van der Waals surface area (Å²) in [4.78, 5) is 2.14. The number of sulfonamides is 1. The first-order valence-electron chi connectivity index (χ1n) is 10.3. The Balaban J connectivity index is 2.02. The topological polar surface area (TPSA) is 49.4 Å². The van der Waals surface area contributed by atoms with E-state index in [0.29, 0.717) is 12.3 Å². The molecule has 0 aromatic heterocycles. The van der Waals surface area contributed by atoms with E-state index in [1.165, 1.54) is 26.3 Å². The molecule has 0 saturated heterocycles. The first-order valence-corrected chi connectivity index (χ1v) is 11.8. The molecule has 166 valence electrons. The molecule has 0 atom stereocenters. The van der Waals surface area contributed by atoms with E-state index < -0.39 is 21.8 Å². The fourth-order valence-corrected chi connectivity index (χ4v) is 5.14. The van der Waals surface area contributed by atoms with Crippen molar-refractivity contribution in [1.82, 2.24) is 9.62 Å². The third kappa shape index (κ3) is 7.26. The average Bonchev–Trinajstić information content (AvgIpc) is 2.65. The Bertz CT molecular complexity index is 756. The smallest absolute Gasteiger partial charge is 0.309 e. The highest BCUT2D eigenvalue weighted by Gasteiger charge is 2.33. The van der Waals surface area contributed by atoms with Crippen molar-refractivity contribution >= 4 is 10.0 Å².